The van der Waals surface area contributed by atoms with Gasteiger partial charge < -0.3 is 4.42 Å². The maximum atomic E-state index is 12.1. The molecule has 0 aliphatic rings. The lowest BCUT2D eigenvalue weighted by Gasteiger charge is -1.99. The van der Waals surface area contributed by atoms with E-state index in [4.69, 9.17) is 4.42 Å². The van der Waals surface area contributed by atoms with Gasteiger partial charge in [-0.25, -0.2) is 0 Å². The Bertz CT molecular complexity index is 874. The van der Waals surface area contributed by atoms with E-state index in [-0.39, 0.29) is 17.0 Å². The molecule has 102 valence electrons. The van der Waals surface area contributed by atoms with E-state index in [9.17, 15) is 9.59 Å². The fourth-order valence-corrected chi connectivity index (χ4v) is 2.04. The molecule has 3 nitrogen and oxygen atoms in total. The molecule has 0 N–H and O–H groups in total. The van der Waals surface area contributed by atoms with Crippen LogP contribution in [0.25, 0.3) is 17.0 Å². The quantitative estimate of drug-likeness (QED) is 0.541. The minimum Gasteiger partial charge on any atom is -0.452 e. The van der Waals surface area contributed by atoms with Crippen molar-refractivity contribution in [2.45, 2.75) is 0 Å². The van der Waals surface area contributed by atoms with Gasteiger partial charge in [0.15, 0.2) is 11.2 Å². The van der Waals surface area contributed by atoms with E-state index in [1.54, 1.807) is 30.3 Å². The highest BCUT2D eigenvalue weighted by Gasteiger charge is 2.09. The molecule has 0 radical (unpaired) electrons. The van der Waals surface area contributed by atoms with Crippen LogP contribution in [0.15, 0.2) is 76.0 Å². The first-order valence-electron chi connectivity index (χ1n) is 6.54. The molecule has 0 atom stereocenters. The molecule has 0 aliphatic heterocycles. The second-order valence-electron chi connectivity index (χ2n) is 4.58. The normalized spacial score (nSPS) is 11.0. The number of allylic oxidation sites excluding steroid dienone is 1. The number of para-hydroxylation sites is 1. The number of hydrogen-bond donors (Lipinski definition) is 0. The molecule has 21 heavy (non-hydrogen) atoms. The van der Waals surface area contributed by atoms with Crippen molar-refractivity contribution in [2.24, 2.45) is 0 Å². The molecule has 1 heterocycles. The van der Waals surface area contributed by atoms with Crippen molar-refractivity contribution < 1.29 is 9.21 Å². The Morgan fingerprint density at radius 3 is 2.48 bits per heavy atom. The number of carbonyl (C=O) groups excluding carboxylic acids is 1. The SMILES string of the molecule is O=C(C=Cc1ccccc1)c1cc(=O)c2ccccc2o1. The molecule has 0 saturated carbocycles. The van der Waals surface area contributed by atoms with E-state index in [1.807, 2.05) is 30.3 Å². The van der Waals surface area contributed by atoms with Crippen LogP contribution in [-0.2, 0) is 0 Å². The van der Waals surface area contributed by atoms with E-state index in [0.717, 1.165) is 5.56 Å². The van der Waals surface area contributed by atoms with Gasteiger partial charge in [-0.15, -0.1) is 0 Å². The van der Waals surface area contributed by atoms with Gasteiger partial charge in [0.2, 0.25) is 5.78 Å². The zero-order valence-corrected chi connectivity index (χ0v) is 11.2. The lowest BCUT2D eigenvalue weighted by Crippen LogP contribution is -2.05. The summed E-state index contributed by atoms with van der Waals surface area (Å²) >= 11 is 0. The van der Waals surface area contributed by atoms with Crippen LogP contribution < -0.4 is 5.43 Å². The van der Waals surface area contributed by atoms with Crippen LogP contribution >= 0.6 is 0 Å². The van der Waals surface area contributed by atoms with Gasteiger partial charge >= 0.3 is 0 Å². The summed E-state index contributed by atoms with van der Waals surface area (Å²) in [7, 11) is 0. The summed E-state index contributed by atoms with van der Waals surface area (Å²) in [5, 5.41) is 0.473. The standard InChI is InChI=1S/C18H12O3/c19-15(11-10-13-6-2-1-3-7-13)18-12-16(20)14-8-4-5-9-17(14)21-18/h1-12H. The van der Waals surface area contributed by atoms with Gasteiger partial charge in [-0.1, -0.05) is 48.5 Å². The zero-order chi connectivity index (χ0) is 14.7. The predicted octanol–water partition coefficient (Wildman–Crippen LogP) is 3.69. The summed E-state index contributed by atoms with van der Waals surface area (Å²) < 4.78 is 5.49. The molecule has 3 rings (SSSR count). The Morgan fingerprint density at radius 1 is 0.952 bits per heavy atom. The van der Waals surface area contributed by atoms with Crippen LogP contribution in [0.1, 0.15) is 16.1 Å². The summed E-state index contributed by atoms with van der Waals surface area (Å²) in [6, 6.07) is 17.6. The smallest absolute Gasteiger partial charge is 0.221 e. The fraction of sp³-hybridized carbons (Fsp3) is 0. The summed E-state index contributed by atoms with van der Waals surface area (Å²) in [5.74, 6) is -0.285. The van der Waals surface area contributed by atoms with Crippen molar-refractivity contribution in [3.63, 3.8) is 0 Å². The summed E-state index contributed by atoms with van der Waals surface area (Å²) in [6.45, 7) is 0. The van der Waals surface area contributed by atoms with Crippen molar-refractivity contribution in [3.8, 4) is 0 Å². The molecule has 3 heteroatoms. The van der Waals surface area contributed by atoms with Crippen LogP contribution in [-0.4, -0.2) is 5.78 Å². The number of rotatable bonds is 3. The van der Waals surface area contributed by atoms with E-state index >= 15 is 0 Å². The second-order valence-corrected chi connectivity index (χ2v) is 4.58. The molecule has 0 bridgehead atoms. The van der Waals surface area contributed by atoms with E-state index in [1.165, 1.54) is 12.1 Å². The number of fused-ring (bicyclic) bond motifs is 1. The van der Waals surface area contributed by atoms with E-state index < -0.39 is 0 Å². The Hall–Kier alpha value is -2.94. The van der Waals surface area contributed by atoms with Gasteiger partial charge in [-0.3, -0.25) is 9.59 Å². The first-order valence-corrected chi connectivity index (χ1v) is 6.54. The highest BCUT2D eigenvalue weighted by Crippen LogP contribution is 2.13. The molecule has 1 aromatic heterocycles. The largest absolute Gasteiger partial charge is 0.452 e. The van der Waals surface area contributed by atoms with Gasteiger partial charge in [0.1, 0.15) is 5.58 Å². The number of carbonyl (C=O) groups is 1. The lowest BCUT2D eigenvalue weighted by molar-refractivity contribution is 0.102. The average Bonchev–Trinajstić information content (AvgIpc) is 2.53. The fourth-order valence-electron chi connectivity index (χ4n) is 2.04. The Kier molecular flexibility index (Phi) is 3.48. The van der Waals surface area contributed by atoms with Crippen molar-refractivity contribution >= 4 is 22.8 Å². The molecule has 0 fully saturated rings. The van der Waals surface area contributed by atoms with Crippen LogP contribution in [0.3, 0.4) is 0 Å². The van der Waals surface area contributed by atoms with Gasteiger partial charge in [0.05, 0.1) is 5.39 Å². The van der Waals surface area contributed by atoms with Crippen molar-refractivity contribution in [1.29, 1.82) is 0 Å². The molecule has 3 aromatic rings. The first-order chi connectivity index (χ1) is 10.2. The summed E-state index contributed by atoms with van der Waals surface area (Å²) in [5.41, 5.74) is 1.11. The first kappa shape index (κ1) is 13.1. The molecule has 0 saturated heterocycles. The van der Waals surface area contributed by atoms with Gasteiger partial charge in [-0.2, -0.15) is 0 Å². The molecule has 0 spiro atoms. The Labute approximate surface area is 121 Å². The van der Waals surface area contributed by atoms with Gasteiger partial charge in [0, 0.05) is 6.07 Å². The van der Waals surface area contributed by atoms with Gasteiger partial charge in [-0.05, 0) is 23.8 Å². The summed E-state index contributed by atoms with van der Waals surface area (Å²) in [6.07, 6.45) is 3.10. The number of ketones is 1. The maximum Gasteiger partial charge on any atom is 0.221 e. The zero-order valence-electron chi connectivity index (χ0n) is 11.2. The second kappa shape index (κ2) is 5.59. The third-order valence-electron chi connectivity index (χ3n) is 3.10. The van der Waals surface area contributed by atoms with E-state index in [2.05, 4.69) is 0 Å². The molecule has 0 unspecified atom stereocenters. The third-order valence-corrected chi connectivity index (χ3v) is 3.10. The molecule has 0 amide bonds. The minimum atomic E-state index is -0.332. The Balaban J connectivity index is 1.95. The average molecular weight is 276 g/mol. The van der Waals surface area contributed by atoms with E-state index in [0.29, 0.717) is 11.0 Å². The highest BCUT2D eigenvalue weighted by molar-refractivity contribution is 6.05. The lowest BCUT2D eigenvalue weighted by atomic mass is 10.1. The number of hydrogen-bond acceptors (Lipinski definition) is 3. The topological polar surface area (TPSA) is 47.3 Å². The van der Waals surface area contributed by atoms with Crippen LogP contribution in [0.4, 0.5) is 0 Å². The van der Waals surface area contributed by atoms with Crippen molar-refractivity contribution in [1.82, 2.24) is 0 Å². The van der Waals surface area contributed by atoms with Crippen molar-refractivity contribution in [3.05, 3.63) is 88.3 Å². The highest BCUT2D eigenvalue weighted by atomic mass is 16.3. The van der Waals surface area contributed by atoms with Crippen molar-refractivity contribution in [2.75, 3.05) is 0 Å². The Morgan fingerprint density at radius 2 is 1.67 bits per heavy atom. The maximum absolute atomic E-state index is 12.1. The van der Waals surface area contributed by atoms with Crippen LogP contribution in [0.5, 0.6) is 0 Å². The molecular formula is C18H12O3. The molecule has 0 aliphatic carbocycles. The van der Waals surface area contributed by atoms with Gasteiger partial charge in [0.25, 0.3) is 0 Å². The molecular weight excluding hydrogens is 264 g/mol. The predicted molar refractivity (Wildman–Crippen MR) is 82.3 cm³/mol. The van der Waals surface area contributed by atoms with Crippen LogP contribution in [0.2, 0.25) is 0 Å². The number of benzene rings is 2. The van der Waals surface area contributed by atoms with Crippen LogP contribution in [0, 0.1) is 0 Å². The molecule has 2 aromatic carbocycles. The minimum absolute atomic E-state index is 0.0471. The third kappa shape index (κ3) is 2.82. The monoisotopic (exact) mass is 276 g/mol. The summed E-state index contributed by atoms with van der Waals surface area (Å²) in [4.78, 5) is 24.0.